The Morgan fingerprint density at radius 2 is 2.12 bits per heavy atom. The zero-order valence-electron chi connectivity index (χ0n) is 10.5. The van der Waals surface area contributed by atoms with E-state index in [1.165, 1.54) is 9.80 Å². The minimum absolute atomic E-state index is 0.0506. The van der Waals surface area contributed by atoms with Crippen LogP contribution < -0.4 is 0 Å². The van der Waals surface area contributed by atoms with E-state index in [1.54, 1.807) is 7.05 Å². The Labute approximate surface area is 101 Å². The lowest BCUT2D eigenvalue weighted by Crippen LogP contribution is -2.49. The highest BCUT2D eigenvalue weighted by atomic mass is 16.4. The van der Waals surface area contributed by atoms with E-state index in [-0.39, 0.29) is 25.0 Å². The van der Waals surface area contributed by atoms with Gasteiger partial charge in [0.25, 0.3) is 0 Å². The Balaban J connectivity index is 2.77. The molecule has 3 atom stereocenters. The number of carbonyl (C=O) groups excluding carboxylic acids is 1. The van der Waals surface area contributed by atoms with E-state index in [0.29, 0.717) is 0 Å². The summed E-state index contributed by atoms with van der Waals surface area (Å²) in [5.41, 5.74) is 0. The lowest BCUT2D eigenvalue weighted by atomic mass is 10.2. The SMILES string of the molecule is CCC(C)N(C)C(=O)N1C[C@H](O)C[C@@H]1C(=O)O. The molecule has 0 spiro atoms. The van der Waals surface area contributed by atoms with E-state index >= 15 is 0 Å². The first-order chi connectivity index (χ1) is 7.88. The maximum atomic E-state index is 12.1. The third-order valence-electron chi connectivity index (χ3n) is 3.36. The fourth-order valence-electron chi connectivity index (χ4n) is 1.92. The van der Waals surface area contributed by atoms with E-state index in [9.17, 15) is 14.7 Å². The van der Waals surface area contributed by atoms with E-state index in [2.05, 4.69) is 0 Å². The van der Waals surface area contributed by atoms with E-state index in [1.807, 2.05) is 13.8 Å². The van der Waals surface area contributed by atoms with Gasteiger partial charge in [0.1, 0.15) is 6.04 Å². The standard InChI is InChI=1S/C11H20N2O4/c1-4-7(2)12(3)11(17)13-6-8(14)5-9(13)10(15)16/h7-9,14H,4-6H2,1-3H3,(H,15,16)/t7?,8-,9-/m1/s1. The van der Waals surface area contributed by atoms with Crippen LogP contribution in [-0.4, -0.2) is 63.8 Å². The first-order valence-corrected chi connectivity index (χ1v) is 5.82. The smallest absolute Gasteiger partial charge is 0.326 e. The summed E-state index contributed by atoms with van der Waals surface area (Å²) in [4.78, 5) is 25.8. The lowest BCUT2D eigenvalue weighted by molar-refractivity contribution is -0.141. The molecule has 98 valence electrons. The van der Waals surface area contributed by atoms with Crippen LogP contribution in [0.3, 0.4) is 0 Å². The number of aliphatic hydroxyl groups excluding tert-OH is 1. The summed E-state index contributed by atoms with van der Waals surface area (Å²) < 4.78 is 0. The highest BCUT2D eigenvalue weighted by Crippen LogP contribution is 2.20. The van der Waals surface area contributed by atoms with Crippen LogP contribution in [0.25, 0.3) is 0 Å². The van der Waals surface area contributed by atoms with Crippen LogP contribution in [0.15, 0.2) is 0 Å². The molecule has 1 aliphatic rings. The van der Waals surface area contributed by atoms with Crippen molar-refractivity contribution >= 4 is 12.0 Å². The number of hydrogen-bond donors (Lipinski definition) is 2. The average molecular weight is 244 g/mol. The van der Waals surface area contributed by atoms with Gasteiger partial charge in [0.2, 0.25) is 0 Å². The molecule has 0 radical (unpaired) electrons. The quantitative estimate of drug-likeness (QED) is 0.751. The second-order valence-corrected chi connectivity index (χ2v) is 4.55. The summed E-state index contributed by atoms with van der Waals surface area (Å²) in [6.07, 6.45) is 0.164. The number of carbonyl (C=O) groups is 2. The number of carboxylic acid groups (broad SMARTS) is 1. The molecule has 0 bridgehead atoms. The molecule has 0 aromatic rings. The van der Waals surface area contributed by atoms with Gasteiger partial charge in [-0.2, -0.15) is 0 Å². The Morgan fingerprint density at radius 3 is 2.59 bits per heavy atom. The third kappa shape index (κ3) is 2.88. The van der Waals surface area contributed by atoms with Crippen LogP contribution in [-0.2, 0) is 4.79 Å². The summed E-state index contributed by atoms with van der Waals surface area (Å²) in [5.74, 6) is -1.06. The zero-order valence-corrected chi connectivity index (χ0v) is 10.5. The molecule has 6 heteroatoms. The predicted octanol–water partition coefficient (Wildman–Crippen LogP) is 0.357. The predicted molar refractivity (Wildman–Crippen MR) is 61.7 cm³/mol. The third-order valence-corrected chi connectivity index (χ3v) is 3.36. The summed E-state index contributed by atoms with van der Waals surface area (Å²) in [6.45, 7) is 3.96. The molecule has 1 fully saturated rings. The second-order valence-electron chi connectivity index (χ2n) is 4.55. The topological polar surface area (TPSA) is 81.1 Å². The van der Waals surface area contributed by atoms with Gasteiger partial charge in [0.15, 0.2) is 0 Å². The molecule has 0 aromatic heterocycles. The van der Waals surface area contributed by atoms with Gasteiger partial charge >= 0.3 is 12.0 Å². The van der Waals surface area contributed by atoms with Gasteiger partial charge in [-0.1, -0.05) is 6.92 Å². The minimum Gasteiger partial charge on any atom is -0.480 e. The van der Waals surface area contributed by atoms with E-state index < -0.39 is 18.1 Å². The summed E-state index contributed by atoms with van der Waals surface area (Å²) >= 11 is 0. The highest BCUT2D eigenvalue weighted by molar-refractivity contribution is 5.83. The van der Waals surface area contributed by atoms with Crippen molar-refractivity contribution in [2.24, 2.45) is 0 Å². The van der Waals surface area contributed by atoms with Gasteiger partial charge in [-0.3, -0.25) is 0 Å². The van der Waals surface area contributed by atoms with Gasteiger partial charge < -0.3 is 20.0 Å². The molecule has 1 heterocycles. The molecule has 6 nitrogen and oxygen atoms in total. The molecule has 2 N–H and O–H groups in total. The van der Waals surface area contributed by atoms with E-state index in [0.717, 1.165) is 6.42 Å². The molecule has 1 rings (SSSR count). The van der Waals surface area contributed by atoms with Gasteiger partial charge in [0, 0.05) is 26.1 Å². The number of rotatable bonds is 3. The minimum atomic E-state index is -1.06. The molecule has 0 aliphatic carbocycles. The van der Waals surface area contributed by atoms with Gasteiger partial charge in [-0.15, -0.1) is 0 Å². The molecular formula is C11H20N2O4. The number of aliphatic hydroxyl groups is 1. The molecule has 1 saturated heterocycles. The zero-order chi connectivity index (χ0) is 13.2. The largest absolute Gasteiger partial charge is 0.480 e. The van der Waals surface area contributed by atoms with Crippen LogP contribution in [0, 0.1) is 0 Å². The Hall–Kier alpha value is -1.30. The van der Waals surface area contributed by atoms with Crippen LogP contribution in [0.5, 0.6) is 0 Å². The Bertz CT molecular complexity index is 308. The Kier molecular flexibility index (Phi) is 4.34. The van der Waals surface area contributed by atoms with Crippen LogP contribution in [0.2, 0.25) is 0 Å². The lowest BCUT2D eigenvalue weighted by Gasteiger charge is -2.31. The average Bonchev–Trinajstić information content (AvgIpc) is 2.68. The van der Waals surface area contributed by atoms with Crippen molar-refractivity contribution in [2.45, 2.75) is 44.9 Å². The summed E-state index contributed by atoms with van der Waals surface area (Å²) in [5, 5.41) is 18.5. The number of urea groups is 1. The molecule has 17 heavy (non-hydrogen) atoms. The monoisotopic (exact) mass is 244 g/mol. The summed E-state index contributed by atoms with van der Waals surface area (Å²) in [7, 11) is 1.65. The maximum Gasteiger partial charge on any atom is 0.326 e. The van der Waals surface area contributed by atoms with Crippen LogP contribution in [0.1, 0.15) is 26.7 Å². The molecule has 2 amide bonds. The fraction of sp³-hybridized carbons (Fsp3) is 0.818. The van der Waals surface area contributed by atoms with Crippen molar-refractivity contribution in [1.29, 1.82) is 0 Å². The molecule has 0 saturated carbocycles. The molecular weight excluding hydrogens is 224 g/mol. The molecule has 1 unspecified atom stereocenters. The van der Waals surface area contributed by atoms with Crippen molar-refractivity contribution in [3.8, 4) is 0 Å². The number of nitrogens with zero attached hydrogens (tertiary/aromatic N) is 2. The number of amides is 2. The number of β-amino-alcohol motifs (C(OH)–C–C–N with tert-alkyl or cyclic N) is 1. The van der Waals surface area contributed by atoms with Crippen molar-refractivity contribution in [3.05, 3.63) is 0 Å². The first-order valence-electron chi connectivity index (χ1n) is 5.82. The normalized spacial score (nSPS) is 25.8. The van der Waals surface area contributed by atoms with Gasteiger partial charge in [-0.25, -0.2) is 9.59 Å². The van der Waals surface area contributed by atoms with Crippen LogP contribution >= 0.6 is 0 Å². The van der Waals surface area contributed by atoms with Crippen molar-refractivity contribution in [2.75, 3.05) is 13.6 Å². The number of hydrogen-bond acceptors (Lipinski definition) is 3. The second kappa shape index (κ2) is 5.35. The van der Waals surface area contributed by atoms with Crippen molar-refractivity contribution < 1.29 is 19.8 Å². The Morgan fingerprint density at radius 1 is 1.53 bits per heavy atom. The first kappa shape index (κ1) is 13.8. The summed E-state index contributed by atoms with van der Waals surface area (Å²) in [6, 6.07) is -1.19. The van der Waals surface area contributed by atoms with E-state index in [4.69, 9.17) is 5.11 Å². The maximum absolute atomic E-state index is 12.1. The van der Waals surface area contributed by atoms with Gasteiger partial charge in [-0.05, 0) is 13.3 Å². The fourth-order valence-corrected chi connectivity index (χ4v) is 1.92. The van der Waals surface area contributed by atoms with Crippen molar-refractivity contribution in [1.82, 2.24) is 9.80 Å². The van der Waals surface area contributed by atoms with Crippen LogP contribution in [0.4, 0.5) is 4.79 Å². The van der Waals surface area contributed by atoms with Gasteiger partial charge in [0.05, 0.1) is 6.10 Å². The molecule has 0 aromatic carbocycles. The number of carboxylic acids is 1. The molecule has 1 aliphatic heterocycles. The number of aliphatic carboxylic acids is 1. The number of likely N-dealkylation sites (tertiary alicyclic amines) is 1. The highest BCUT2D eigenvalue weighted by Gasteiger charge is 2.40. The van der Waals surface area contributed by atoms with Crippen molar-refractivity contribution in [3.63, 3.8) is 0 Å².